The van der Waals surface area contributed by atoms with Gasteiger partial charge in [-0.15, -0.1) is 0 Å². The van der Waals surface area contributed by atoms with Gasteiger partial charge in [-0.3, -0.25) is 4.90 Å². The molecular formula is C9H16N2O3. The van der Waals surface area contributed by atoms with Crippen LogP contribution in [0, 0.1) is 0 Å². The normalized spacial score (nSPS) is 38.6. The smallest absolute Gasteiger partial charge is 0.115 e. The first-order valence-electron chi connectivity index (χ1n) is 4.88. The van der Waals surface area contributed by atoms with Crippen LogP contribution in [0.25, 0.3) is 0 Å². The van der Waals surface area contributed by atoms with Crippen molar-refractivity contribution in [2.24, 2.45) is 0 Å². The molecule has 80 valence electrons. The Kier molecular flexibility index (Phi) is 3.02. The molecule has 0 aliphatic carbocycles. The maximum absolute atomic E-state index is 9.54. The van der Waals surface area contributed by atoms with Gasteiger partial charge in [-0.25, -0.2) is 0 Å². The van der Waals surface area contributed by atoms with Crippen molar-refractivity contribution in [2.75, 3.05) is 19.8 Å². The molecule has 0 bridgehead atoms. The van der Waals surface area contributed by atoms with Crippen LogP contribution in [-0.2, 0) is 4.74 Å². The lowest BCUT2D eigenvalue weighted by Crippen LogP contribution is -2.43. The van der Waals surface area contributed by atoms with Crippen LogP contribution in [-0.4, -0.2) is 53.4 Å². The minimum Gasteiger partial charge on any atom is -0.394 e. The molecule has 0 saturated carbocycles. The number of aliphatic hydroxyl groups is 2. The third kappa shape index (κ3) is 1.90. The summed E-state index contributed by atoms with van der Waals surface area (Å²) in [4.78, 5) is 2.08. The van der Waals surface area contributed by atoms with Crippen molar-refractivity contribution < 1.29 is 14.9 Å². The molecule has 3 atom stereocenters. The summed E-state index contributed by atoms with van der Waals surface area (Å²) in [5.41, 5.74) is 0. The zero-order valence-corrected chi connectivity index (χ0v) is 7.97. The van der Waals surface area contributed by atoms with Crippen molar-refractivity contribution in [3.8, 4) is 0 Å². The zero-order valence-electron chi connectivity index (χ0n) is 7.97. The highest BCUT2D eigenvalue weighted by Crippen LogP contribution is 2.23. The second kappa shape index (κ2) is 4.27. The van der Waals surface area contributed by atoms with E-state index in [9.17, 15) is 5.11 Å². The molecule has 2 aliphatic rings. The monoisotopic (exact) mass is 200 g/mol. The molecule has 2 heterocycles. The maximum Gasteiger partial charge on any atom is 0.115 e. The average molecular weight is 200 g/mol. The molecule has 1 fully saturated rings. The first-order chi connectivity index (χ1) is 6.81. The molecule has 1 saturated heterocycles. The van der Waals surface area contributed by atoms with E-state index in [4.69, 9.17) is 9.84 Å². The number of rotatable bonds is 2. The van der Waals surface area contributed by atoms with Crippen LogP contribution in [0.1, 0.15) is 6.42 Å². The van der Waals surface area contributed by atoms with Crippen LogP contribution >= 0.6 is 0 Å². The zero-order chi connectivity index (χ0) is 9.97. The summed E-state index contributed by atoms with van der Waals surface area (Å²) >= 11 is 0. The SMILES string of the molecule is OC[C@H]1O[C@@H](N2CC=CNC2)C[C@@H]1O. The molecule has 14 heavy (non-hydrogen) atoms. The lowest BCUT2D eigenvalue weighted by Gasteiger charge is -2.29. The number of hydrogen-bond donors (Lipinski definition) is 3. The number of nitrogens with one attached hydrogen (secondary N) is 1. The van der Waals surface area contributed by atoms with E-state index in [2.05, 4.69) is 10.2 Å². The molecule has 0 radical (unpaired) electrons. The van der Waals surface area contributed by atoms with Crippen molar-refractivity contribution >= 4 is 0 Å². The molecular weight excluding hydrogens is 184 g/mol. The van der Waals surface area contributed by atoms with Crippen LogP contribution in [0.5, 0.6) is 0 Å². The molecule has 2 aliphatic heterocycles. The maximum atomic E-state index is 9.54. The Bertz CT molecular complexity index is 222. The third-order valence-electron chi connectivity index (χ3n) is 2.66. The van der Waals surface area contributed by atoms with E-state index in [1.54, 1.807) is 0 Å². The second-order valence-electron chi connectivity index (χ2n) is 3.65. The fourth-order valence-corrected chi connectivity index (χ4v) is 1.83. The Morgan fingerprint density at radius 2 is 2.43 bits per heavy atom. The van der Waals surface area contributed by atoms with E-state index in [1.807, 2.05) is 12.3 Å². The van der Waals surface area contributed by atoms with Crippen molar-refractivity contribution in [1.82, 2.24) is 10.2 Å². The van der Waals surface area contributed by atoms with E-state index in [1.165, 1.54) is 0 Å². The van der Waals surface area contributed by atoms with E-state index < -0.39 is 12.2 Å². The Morgan fingerprint density at radius 1 is 1.57 bits per heavy atom. The summed E-state index contributed by atoms with van der Waals surface area (Å²) in [7, 11) is 0. The summed E-state index contributed by atoms with van der Waals surface area (Å²) in [6.07, 6.45) is 3.43. The summed E-state index contributed by atoms with van der Waals surface area (Å²) in [6, 6.07) is 0. The highest BCUT2D eigenvalue weighted by molar-refractivity contribution is 4.91. The molecule has 0 aromatic carbocycles. The molecule has 0 unspecified atom stereocenters. The second-order valence-corrected chi connectivity index (χ2v) is 3.65. The summed E-state index contributed by atoms with van der Waals surface area (Å²) in [5.74, 6) is 0. The standard InChI is InChI=1S/C9H16N2O3/c12-5-8-7(13)4-9(14-8)11-3-1-2-10-6-11/h1-2,7-10,12-13H,3-6H2/t7-,8+,9+/m0/s1. The first kappa shape index (κ1) is 9.92. The van der Waals surface area contributed by atoms with Gasteiger partial charge < -0.3 is 20.3 Å². The summed E-state index contributed by atoms with van der Waals surface area (Å²) in [6.45, 7) is 1.43. The van der Waals surface area contributed by atoms with Crippen LogP contribution < -0.4 is 5.32 Å². The van der Waals surface area contributed by atoms with Gasteiger partial charge >= 0.3 is 0 Å². The number of ether oxygens (including phenoxy) is 1. The largest absolute Gasteiger partial charge is 0.394 e. The van der Waals surface area contributed by atoms with Gasteiger partial charge in [-0.2, -0.15) is 0 Å². The van der Waals surface area contributed by atoms with Gasteiger partial charge in [0.25, 0.3) is 0 Å². The molecule has 0 spiro atoms. The van der Waals surface area contributed by atoms with Crippen LogP contribution in [0.2, 0.25) is 0 Å². The molecule has 0 aromatic rings. The topological polar surface area (TPSA) is 65.0 Å². The summed E-state index contributed by atoms with van der Waals surface area (Å²) in [5, 5.41) is 21.5. The van der Waals surface area contributed by atoms with Gasteiger partial charge in [0, 0.05) is 13.0 Å². The van der Waals surface area contributed by atoms with Crippen LogP contribution in [0.3, 0.4) is 0 Å². The van der Waals surface area contributed by atoms with Gasteiger partial charge in [0.05, 0.1) is 19.4 Å². The van der Waals surface area contributed by atoms with Crippen LogP contribution in [0.4, 0.5) is 0 Å². The minimum atomic E-state index is -0.545. The van der Waals surface area contributed by atoms with Gasteiger partial charge in [-0.05, 0) is 6.20 Å². The molecule has 2 rings (SSSR count). The fourth-order valence-electron chi connectivity index (χ4n) is 1.83. The van der Waals surface area contributed by atoms with E-state index in [0.29, 0.717) is 6.42 Å². The predicted molar refractivity (Wildman–Crippen MR) is 50.2 cm³/mol. The summed E-state index contributed by atoms with van der Waals surface area (Å²) < 4.78 is 5.51. The van der Waals surface area contributed by atoms with E-state index in [0.717, 1.165) is 13.2 Å². The van der Waals surface area contributed by atoms with Crippen molar-refractivity contribution in [3.05, 3.63) is 12.3 Å². The van der Waals surface area contributed by atoms with Crippen molar-refractivity contribution in [2.45, 2.75) is 24.9 Å². The Balaban J connectivity index is 1.90. The third-order valence-corrected chi connectivity index (χ3v) is 2.66. The number of hydrogen-bond acceptors (Lipinski definition) is 5. The average Bonchev–Trinajstić information content (AvgIpc) is 2.61. The predicted octanol–water partition coefficient (Wildman–Crippen LogP) is -1.17. The van der Waals surface area contributed by atoms with Crippen LogP contribution in [0.15, 0.2) is 12.3 Å². The Hall–Kier alpha value is -0.620. The van der Waals surface area contributed by atoms with E-state index >= 15 is 0 Å². The molecule has 5 heteroatoms. The van der Waals surface area contributed by atoms with Gasteiger partial charge in [0.2, 0.25) is 0 Å². The highest BCUT2D eigenvalue weighted by atomic mass is 16.5. The van der Waals surface area contributed by atoms with Crippen molar-refractivity contribution in [1.29, 1.82) is 0 Å². The number of aliphatic hydroxyl groups excluding tert-OH is 2. The Morgan fingerprint density at radius 3 is 3.00 bits per heavy atom. The fraction of sp³-hybridized carbons (Fsp3) is 0.778. The Labute approximate surface area is 83.0 Å². The quantitative estimate of drug-likeness (QED) is 0.524. The van der Waals surface area contributed by atoms with Gasteiger partial charge in [-0.1, -0.05) is 6.08 Å². The van der Waals surface area contributed by atoms with Gasteiger partial charge in [0.15, 0.2) is 0 Å². The molecule has 0 amide bonds. The molecule has 0 aromatic heterocycles. The lowest BCUT2D eigenvalue weighted by atomic mass is 10.2. The van der Waals surface area contributed by atoms with E-state index in [-0.39, 0.29) is 12.8 Å². The van der Waals surface area contributed by atoms with Crippen molar-refractivity contribution in [3.63, 3.8) is 0 Å². The number of nitrogens with zero attached hydrogens (tertiary/aromatic N) is 1. The minimum absolute atomic E-state index is 0.0837. The van der Waals surface area contributed by atoms with Gasteiger partial charge in [0.1, 0.15) is 12.3 Å². The molecule has 3 N–H and O–H groups in total. The highest BCUT2D eigenvalue weighted by Gasteiger charge is 2.36. The first-order valence-corrected chi connectivity index (χ1v) is 4.88. The molecule has 5 nitrogen and oxygen atoms in total. The lowest BCUT2D eigenvalue weighted by molar-refractivity contribution is -0.0774.